The molecule has 0 spiro atoms. The number of methoxy groups -OCH3 is 1. The van der Waals surface area contributed by atoms with Gasteiger partial charge >= 0.3 is 0 Å². The zero-order chi connectivity index (χ0) is 18.9. The van der Waals surface area contributed by atoms with Crippen molar-refractivity contribution in [1.82, 2.24) is 0 Å². The third kappa shape index (κ3) is 5.55. The number of halogens is 1. The molecule has 133 valence electrons. The molecular weight excluding hydrogens is 335 g/mol. The third-order valence-electron chi connectivity index (χ3n) is 4.01. The molecule has 0 saturated carbocycles. The van der Waals surface area contributed by atoms with Crippen molar-refractivity contribution >= 4 is 17.7 Å². The maximum atomic E-state index is 13.4. The second kappa shape index (κ2) is 9.35. The highest BCUT2D eigenvalue weighted by Crippen LogP contribution is 2.21. The predicted molar refractivity (Wildman–Crippen MR) is 111 cm³/mol. The molecule has 0 aliphatic rings. The van der Waals surface area contributed by atoms with Crippen molar-refractivity contribution in [3.63, 3.8) is 0 Å². The first-order chi connectivity index (χ1) is 13.2. The average Bonchev–Trinajstić information content (AvgIpc) is 2.71. The fourth-order valence-corrected chi connectivity index (χ4v) is 2.58. The van der Waals surface area contributed by atoms with Crippen LogP contribution in [0.3, 0.4) is 0 Å². The minimum atomic E-state index is -0.250. The lowest BCUT2D eigenvalue weighted by Gasteiger charge is -2.04. The molecule has 0 aliphatic heterocycles. The van der Waals surface area contributed by atoms with Gasteiger partial charge in [0.15, 0.2) is 0 Å². The van der Waals surface area contributed by atoms with Crippen molar-refractivity contribution in [2.75, 3.05) is 7.11 Å². The molecule has 3 aromatic carbocycles. The number of hydrogen-bond donors (Lipinski definition) is 0. The van der Waals surface area contributed by atoms with E-state index in [1.807, 2.05) is 85.0 Å². The molecule has 0 N–H and O–H groups in total. The highest BCUT2D eigenvalue weighted by Gasteiger charge is 1.99. The number of ether oxygens (including phenoxy) is 1. The summed E-state index contributed by atoms with van der Waals surface area (Å²) in [4.78, 5) is 0. The largest absolute Gasteiger partial charge is 0.497 e. The van der Waals surface area contributed by atoms with Crippen LogP contribution in [-0.2, 0) is 0 Å². The van der Waals surface area contributed by atoms with Crippen LogP contribution in [0.2, 0.25) is 0 Å². The number of rotatable bonds is 6. The van der Waals surface area contributed by atoms with Gasteiger partial charge in [0.1, 0.15) is 11.6 Å². The Morgan fingerprint density at radius 2 is 1.59 bits per heavy atom. The average molecular weight is 355 g/mol. The number of hydrogen-bond acceptors (Lipinski definition) is 1. The van der Waals surface area contributed by atoms with Gasteiger partial charge in [0.05, 0.1) is 7.11 Å². The van der Waals surface area contributed by atoms with Crippen molar-refractivity contribution in [2.24, 2.45) is 0 Å². The first-order valence-electron chi connectivity index (χ1n) is 8.68. The van der Waals surface area contributed by atoms with Gasteiger partial charge in [0, 0.05) is 0 Å². The van der Waals surface area contributed by atoms with Crippen LogP contribution in [-0.4, -0.2) is 7.11 Å². The lowest BCUT2D eigenvalue weighted by atomic mass is 10.0. The van der Waals surface area contributed by atoms with Gasteiger partial charge in [-0.05, 0) is 52.6 Å². The zero-order valence-electron chi connectivity index (χ0n) is 15.1. The smallest absolute Gasteiger partial charge is 0.123 e. The van der Waals surface area contributed by atoms with E-state index < -0.39 is 0 Å². The summed E-state index contributed by atoms with van der Waals surface area (Å²) in [5.41, 5.74) is 3.80. The van der Waals surface area contributed by atoms with Crippen LogP contribution in [0.5, 0.6) is 5.75 Å². The number of allylic oxidation sites excluding steroid dienone is 4. The summed E-state index contributed by atoms with van der Waals surface area (Å²) in [5.74, 6) is 0.548. The molecule has 0 fully saturated rings. The van der Waals surface area contributed by atoms with Gasteiger partial charge in [-0.2, -0.15) is 0 Å². The van der Waals surface area contributed by atoms with Crippen LogP contribution >= 0.6 is 0 Å². The summed E-state index contributed by atoms with van der Waals surface area (Å²) < 4.78 is 18.6. The van der Waals surface area contributed by atoms with E-state index in [0.717, 1.165) is 28.0 Å². The Balaban J connectivity index is 1.89. The molecule has 27 heavy (non-hydrogen) atoms. The molecule has 1 nitrogen and oxygen atoms in total. The molecule has 2 heteroatoms. The van der Waals surface area contributed by atoms with E-state index in [2.05, 4.69) is 6.08 Å². The van der Waals surface area contributed by atoms with Crippen molar-refractivity contribution in [3.8, 4) is 5.75 Å². The number of benzene rings is 3. The monoisotopic (exact) mass is 355 g/mol. The quantitative estimate of drug-likeness (QED) is 0.462. The van der Waals surface area contributed by atoms with Crippen LogP contribution in [0.25, 0.3) is 17.7 Å². The van der Waals surface area contributed by atoms with Gasteiger partial charge in [-0.15, -0.1) is 0 Å². The molecule has 0 saturated heterocycles. The summed E-state index contributed by atoms with van der Waals surface area (Å²) >= 11 is 0. The molecular formula is C25H20FO. The highest BCUT2D eigenvalue weighted by molar-refractivity contribution is 5.79. The Kier molecular flexibility index (Phi) is 6.37. The molecule has 0 atom stereocenters. The lowest BCUT2D eigenvalue weighted by Crippen LogP contribution is -1.85. The Labute approximate surface area is 159 Å². The fourth-order valence-electron chi connectivity index (χ4n) is 2.58. The molecule has 0 heterocycles. The Morgan fingerprint density at radius 3 is 2.30 bits per heavy atom. The SMILES string of the molecule is COc1ccc(C(=[C]C=Cc2ccccc2)C=Cc2cccc(F)c2)cc1. The Morgan fingerprint density at radius 1 is 0.852 bits per heavy atom. The topological polar surface area (TPSA) is 9.23 Å². The van der Waals surface area contributed by atoms with E-state index in [1.54, 1.807) is 13.2 Å². The van der Waals surface area contributed by atoms with Crippen molar-refractivity contribution in [3.05, 3.63) is 120 Å². The van der Waals surface area contributed by atoms with Crippen LogP contribution < -0.4 is 4.74 Å². The second-order valence-corrected chi connectivity index (χ2v) is 5.92. The van der Waals surface area contributed by atoms with E-state index in [4.69, 9.17) is 4.74 Å². The van der Waals surface area contributed by atoms with Crippen LogP contribution in [0.4, 0.5) is 4.39 Å². The summed E-state index contributed by atoms with van der Waals surface area (Å²) in [5, 5.41) is 0. The van der Waals surface area contributed by atoms with E-state index in [1.165, 1.54) is 12.1 Å². The predicted octanol–water partition coefficient (Wildman–Crippen LogP) is 6.45. The van der Waals surface area contributed by atoms with E-state index in [9.17, 15) is 4.39 Å². The lowest BCUT2D eigenvalue weighted by molar-refractivity contribution is 0.415. The van der Waals surface area contributed by atoms with E-state index in [-0.39, 0.29) is 5.82 Å². The molecule has 0 bridgehead atoms. The molecule has 0 aromatic heterocycles. The first-order valence-corrected chi connectivity index (χ1v) is 8.68. The standard InChI is InChI=1S/C25H20FO/c1-27-25-17-15-23(16-18-25)22(11-5-9-20-7-3-2-4-8-20)14-13-21-10-6-12-24(26)19-21/h2-10,12-19H,1H3. The van der Waals surface area contributed by atoms with Crippen LogP contribution in [0.15, 0.2) is 91.0 Å². The van der Waals surface area contributed by atoms with Crippen LogP contribution in [0, 0.1) is 11.9 Å². The Bertz CT molecular complexity index is 951. The zero-order valence-corrected chi connectivity index (χ0v) is 15.1. The van der Waals surface area contributed by atoms with Gasteiger partial charge in [-0.1, -0.05) is 78.9 Å². The first kappa shape index (κ1) is 18.4. The third-order valence-corrected chi connectivity index (χ3v) is 4.01. The van der Waals surface area contributed by atoms with Crippen LogP contribution in [0.1, 0.15) is 16.7 Å². The summed E-state index contributed by atoms with van der Waals surface area (Å²) in [7, 11) is 1.64. The van der Waals surface area contributed by atoms with Gasteiger partial charge in [-0.25, -0.2) is 4.39 Å². The molecule has 3 aromatic rings. The van der Waals surface area contributed by atoms with E-state index in [0.29, 0.717) is 0 Å². The van der Waals surface area contributed by atoms with Crippen molar-refractivity contribution in [2.45, 2.75) is 0 Å². The van der Waals surface area contributed by atoms with Crippen molar-refractivity contribution in [1.29, 1.82) is 0 Å². The molecule has 0 unspecified atom stereocenters. The molecule has 1 radical (unpaired) electrons. The normalized spacial score (nSPS) is 12.0. The minimum Gasteiger partial charge on any atom is -0.497 e. The maximum Gasteiger partial charge on any atom is 0.123 e. The van der Waals surface area contributed by atoms with Gasteiger partial charge in [-0.3, -0.25) is 0 Å². The van der Waals surface area contributed by atoms with Crippen molar-refractivity contribution < 1.29 is 9.13 Å². The Hall–Kier alpha value is -3.39. The molecule has 0 aliphatic carbocycles. The van der Waals surface area contributed by atoms with Gasteiger partial charge in [0.25, 0.3) is 0 Å². The van der Waals surface area contributed by atoms with E-state index >= 15 is 0 Å². The minimum absolute atomic E-state index is 0.250. The summed E-state index contributed by atoms with van der Waals surface area (Å²) in [6.07, 6.45) is 11.0. The molecule has 3 rings (SSSR count). The van der Waals surface area contributed by atoms with Gasteiger partial charge < -0.3 is 4.74 Å². The molecule has 0 amide bonds. The summed E-state index contributed by atoms with van der Waals surface area (Å²) in [6.45, 7) is 0. The van der Waals surface area contributed by atoms with Gasteiger partial charge in [0.2, 0.25) is 0 Å². The maximum absolute atomic E-state index is 13.4. The summed E-state index contributed by atoms with van der Waals surface area (Å²) in [6, 6.07) is 24.3. The highest BCUT2D eigenvalue weighted by atomic mass is 19.1. The fraction of sp³-hybridized carbons (Fsp3) is 0.0400. The second-order valence-electron chi connectivity index (χ2n) is 5.92.